The molecule has 1 fully saturated rings. The van der Waals surface area contributed by atoms with E-state index in [0.717, 1.165) is 31.4 Å². The summed E-state index contributed by atoms with van der Waals surface area (Å²) in [4.78, 5) is 260. The number of para-hydroxylation sites is 2. The minimum absolute atomic E-state index is 0.00152. The maximum Gasteiger partial charge on any atom is 0.246 e. The van der Waals surface area contributed by atoms with Gasteiger partial charge in [0.25, 0.3) is 0 Å². The third kappa shape index (κ3) is 31.7. The number of benzene rings is 3. The molecule has 0 aliphatic carbocycles. The Morgan fingerprint density at radius 3 is 1.60 bits per heavy atom. The van der Waals surface area contributed by atoms with Crippen molar-refractivity contribution in [2.45, 2.75) is 229 Å². The monoisotopic (exact) mass is 1880 g/mol. The predicted octanol–water partition coefficient (Wildman–Crippen LogP) is -1.46. The van der Waals surface area contributed by atoms with Crippen LogP contribution in [0.3, 0.4) is 0 Å². The molecule has 0 radical (unpaired) electrons. The van der Waals surface area contributed by atoms with Crippen molar-refractivity contribution in [3.8, 4) is 0 Å². The Kier molecular flexibility index (Phi) is 42.9. The quantitative estimate of drug-likeness (QED) is 0.00898. The number of rotatable bonds is 56. The Balaban J connectivity index is 1.11. The highest BCUT2D eigenvalue weighted by Crippen LogP contribution is 2.26. The Labute approximate surface area is 782 Å². The van der Waals surface area contributed by atoms with E-state index in [1.54, 1.807) is 105 Å². The van der Waals surface area contributed by atoms with Gasteiger partial charge >= 0.3 is 0 Å². The molecule has 1 saturated heterocycles. The normalized spacial score (nSPS) is 15.3. The van der Waals surface area contributed by atoms with Gasteiger partial charge in [-0.3, -0.25) is 82.1 Å². The largest absolute Gasteiger partial charge is 0.394 e. The molecular weight excluding hydrogens is 1750 g/mol. The lowest BCUT2D eigenvalue weighted by Gasteiger charge is -2.36. The zero-order chi connectivity index (χ0) is 98.6. The summed E-state index contributed by atoms with van der Waals surface area (Å²) in [6.45, 7) is 8.68. The molecule has 730 valence electrons. The molecule has 14 atom stereocenters. The van der Waals surface area contributed by atoms with E-state index in [1.165, 1.54) is 53.3 Å². The molecule has 0 bridgehead atoms. The number of aliphatic hydroxyl groups excluding tert-OH is 1. The maximum absolute atomic E-state index is 15.7. The highest BCUT2D eigenvalue weighted by molar-refractivity contribution is 8.00. The summed E-state index contributed by atoms with van der Waals surface area (Å²) in [6.07, 6.45) is 8.63. The molecule has 0 spiro atoms. The number of likely N-dealkylation sites (tertiary alicyclic amines) is 1. The number of nitrogens with two attached hydrogens (primary N) is 3. The number of aldehydes is 1. The number of carbonyl (C=O) groups excluding carboxylic acids is 17. The van der Waals surface area contributed by atoms with Crippen molar-refractivity contribution in [1.82, 2.24) is 103 Å². The highest BCUT2D eigenvalue weighted by atomic mass is 32.2. The molecule has 134 heavy (non-hydrogen) atoms. The number of likely N-dealkylation sites (N-methyl/N-ethyl adjacent to an activating group) is 5. The lowest BCUT2D eigenvalue weighted by atomic mass is 10.00. The average Bonchev–Trinajstić information content (AvgIpc) is 1.29. The first-order chi connectivity index (χ1) is 63.8. The Hall–Kier alpha value is -13.3. The Morgan fingerprint density at radius 2 is 1.04 bits per heavy atom. The summed E-state index contributed by atoms with van der Waals surface area (Å²) in [6, 6.07) is 4.04. The van der Waals surface area contributed by atoms with Crippen LogP contribution < -0.4 is 75.7 Å². The van der Waals surface area contributed by atoms with Gasteiger partial charge in [0.1, 0.15) is 78.8 Å². The standard InChI is InChI=1S/C91H132N24O18S/c1-12-14-33-73(85(128)104-64(32-23-35-98-91(94)95)81(124)110-72(80(123)101-46-76(93)119)49-134-50-77(120)103-68(38-55-25-17-16-18-26-55)87(130)112(9)54(6)79(122)106-70(42-75(92)118)89(132)115-36-24-27-59(115)47-116)113(10)90(133)74(34-15-13-2)114(11)88(131)69(40-57-44-100-63-31-22-20-29-61(57)63)108-84(127)71(48-117)109-83(126)66(39-56-43-99-62-30-21-19-28-60(56)62)105-78(121)53(5)111(8)86(129)67(37-52(3)4)107-82(125)65(96-7)41-58-45-97-51-102-58/h16-22,25-26,28-31,43-45,47,51-54,59,64-74,96,99-100,117H,12-15,23-24,27,32-42,46,48-50H2,1-11H3,(H2,92,118)(H2,93,119)(H,97,102)(H,101,123)(H,103,120)(H,104,128)(H,105,121)(H,106,122)(H,107,125)(H,108,127)(H,109,126)(H,110,124)(H4,94,95,98)/t53-,54-,59?,64-,65-,66-,67-,68-,69-,70-,71-,72-,73-,74-/m0/s1. The summed E-state index contributed by atoms with van der Waals surface area (Å²) in [5, 5.41) is 49.9. The number of guanidine groups is 1. The zero-order valence-electron chi connectivity index (χ0n) is 77.8. The number of hydrogen-bond acceptors (Lipinski definition) is 22. The van der Waals surface area contributed by atoms with Crippen molar-refractivity contribution in [3.05, 3.63) is 126 Å². The molecule has 4 heterocycles. The van der Waals surface area contributed by atoms with E-state index in [4.69, 9.17) is 22.6 Å². The van der Waals surface area contributed by atoms with Gasteiger partial charge in [-0.05, 0) is 101 Å². The van der Waals surface area contributed by atoms with Gasteiger partial charge in [0.2, 0.25) is 94.5 Å². The molecule has 43 heteroatoms. The van der Waals surface area contributed by atoms with E-state index < -0.39 is 216 Å². The van der Waals surface area contributed by atoms with Crippen LogP contribution in [0.1, 0.15) is 141 Å². The number of amides is 16. The average molecular weight is 1880 g/mol. The number of thioether (sulfide) groups is 1. The first-order valence-electron chi connectivity index (χ1n) is 45.0. The number of imidazole rings is 1. The fourth-order valence-electron chi connectivity index (χ4n) is 15.7. The predicted molar refractivity (Wildman–Crippen MR) is 501 cm³/mol. The number of nitrogens with one attached hydrogen (secondary N) is 15. The van der Waals surface area contributed by atoms with Crippen molar-refractivity contribution in [2.75, 3.05) is 73.0 Å². The molecule has 1 aliphatic rings. The highest BCUT2D eigenvalue weighted by Gasteiger charge is 2.43. The first-order valence-corrected chi connectivity index (χ1v) is 46.1. The maximum atomic E-state index is 15.7. The van der Waals surface area contributed by atoms with E-state index in [1.807, 2.05) is 27.7 Å². The summed E-state index contributed by atoms with van der Waals surface area (Å²) in [7, 11) is 7.00. The van der Waals surface area contributed by atoms with Gasteiger partial charge < -0.3 is 125 Å². The minimum atomic E-state index is -1.81. The summed E-state index contributed by atoms with van der Waals surface area (Å²) in [5.41, 5.74) is 20.3. The van der Waals surface area contributed by atoms with E-state index >= 15 is 24.0 Å². The van der Waals surface area contributed by atoms with Crippen molar-refractivity contribution < 1.29 is 86.6 Å². The van der Waals surface area contributed by atoms with Crippen LogP contribution in [-0.2, 0) is 107 Å². The van der Waals surface area contributed by atoms with Crippen molar-refractivity contribution in [3.63, 3.8) is 0 Å². The SMILES string of the molecule is CCCC[C@@H](C(=O)N(C)[C@@H](CCCC)C(=O)N[C@@H](CCCNC(=N)N)C(=O)N[C@@H](CSCC(=O)N[C@@H](Cc1ccccc1)C(=O)N(C)[C@@H](C)C(=O)N[C@@H](CC(N)=O)C(=O)N1CCCC1C=O)C(=O)NCC(N)=O)N(C)C(=O)[C@H](Cc1c[nH]c2ccccc12)NC(=O)[C@H](CO)NC(=O)[C@H](Cc1c[nH]c2ccccc12)NC(=O)[C@H](C)N(C)C(=O)[C@H](CC(C)C)NC(=O)[C@H](Cc1cnc[nH]1)NC. The number of unbranched alkanes of at least 4 members (excludes halogenated alkanes) is 2. The molecule has 16 amide bonds. The zero-order valence-corrected chi connectivity index (χ0v) is 78.6. The van der Waals surface area contributed by atoms with Crippen LogP contribution >= 0.6 is 11.8 Å². The summed E-state index contributed by atoms with van der Waals surface area (Å²) < 4.78 is 0. The van der Waals surface area contributed by atoms with Crippen LogP contribution in [0.25, 0.3) is 21.8 Å². The van der Waals surface area contributed by atoms with Crippen LogP contribution in [-0.4, -0.2) is 314 Å². The molecule has 6 aromatic rings. The number of fused-ring (bicyclic) bond motifs is 2. The van der Waals surface area contributed by atoms with Crippen molar-refractivity contribution in [2.24, 2.45) is 23.1 Å². The minimum Gasteiger partial charge on any atom is -0.394 e. The molecular formula is C91H132N24O18S. The molecule has 0 saturated carbocycles. The fourth-order valence-corrected chi connectivity index (χ4v) is 16.5. The van der Waals surface area contributed by atoms with Gasteiger partial charge in [0, 0.05) is 119 Å². The molecule has 3 aromatic carbocycles. The second kappa shape index (κ2) is 53.4. The molecule has 7 rings (SSSR count). The number of aromatic amines is 3. The third-order valence-corrected chi connectivity index (χ3v) is 24.6. The number of hydrogen-bond donors (Lipinski definition) is 19. The molecule has 1 unspecified atom stereocenters. The smallest absolute Gasteiger partial charge is 0.246 e. The molecule has 1 aliphatic heterocycles. The van der Waals surface area contributed by atoms with Gasteiger partial charge in [-0.15, -0.1) is 11.8 Å². The van der Waals surface area contributed by atoms with Crippen LogP contribution in [0.5, 0.6) is 0 Å². The molecule has 22 N–H and O–H groups in total. The lowest BCUT2D eigenvalue weighted by molar-refractivity contribution is -0.149. The fraction of sp³-hybridized carbons (Fsp3) is 0.527. The Morgan fingerprint density at radius 1 is 0.537 bits per heavy atom. The first kappa shape index (κ1) is 108. The van der Waals surface area contributed by atoms with Crippen molar-refractivity contribution >= 4 is 140 Å². The van der Waals surface area contributed by atoms with Gasteiger partial charge in [-0.1, -0.05) is 120 Å². The number of nitrogens with zero attached hydrogens (tertiary/aromatic N) is 6. The number of primary amides is 2. The summed E-state index contributed by atoms with van der Waals surface area (Å²) in [5.74, 6) is -14.6. The van der Waals surface area contributed by atoms with Gasteiger partial charge in [-0.2, -0.15) is 0 Å². The lowest BCUT2D eigenvalue weighted by Crippen LogP contribution is -2.61. The van der Waals surface area contributed by atoms with Gasteiger partial charge in [0.15, 0.2) is 5.96 Å². The third-order valence-electron chi connectivity index (χ3n) is 23.6. The van der Waals surface area contributed by atoms with E-state index in [2.05, 4.69) is 78.4 Å². The van der Waals surface area contributed by atoms with E-state index in [-0.39, 0.29) is 76.8 Å². The van der Waals surface area contributed by atoms with Gasteiger partial charge in [-0.25, -0.2) is 4.98 Å². The second-order valence-electron chi connectivity index (χ2n) is 34.0. The van der Waals surface area contributed by atoms with E-state index in [9.17, 15) is 62.6 Å². The van der Waals surface area contributed by atoms with Crippen LogP contribution in [0.15, 0.2) is 104 Å². The van der Waals surface area contributed by atoms with Crippen molar-refractivity contribution in [1.29, 1.82) is 5.41 Å². The summed E-state index contributed by atoms with van der Waals surface area (Å²) >= 11 is 0.808. The number of aromatic nitrogens is 4. The topological polar surface area (TPSA) is 621 Å². The van der Waals surface area contributed by atoms with Crippen LogP contribution in [0, 0.1) is 11.3 Å². The van der Waals surface area contributed by atoms with E-state index in [0.29, 0.717) is 89.0 Å². The number of H-pyrrole nitrogens is 3. The van der Waals surface area contributed by atoms with Gasteiger partial charge in [0.05, 0.1) is 43.7 Å². The van der Waals surface area contributed by atoms with Crippen LogP contribution in [0.4, 0.5) is 0 Å². The number of aliphatic hydroxyl groups is 1. The number of carbonyl (C=O) groups is 17. The molecule has 42 nitrogen and oxygen atoms in total. The van der Waals surface area contributed by atoms with Crippen LogP contribution in [0.2, 0.25) is 0 Å². The molecule has 3 aromatic heterocycles. The second-order valence-corrected chi connectivity index (χ2v) is 35.0. The Bertz CT molecular complexity index is 5030.